The van der Waals surface area contributed by atoms with Gasteiger partial charge in [-0.15, -0.1) is 0 Å². The summed E-state index contributed by atoms with van der Waals surface area (Å²) in [5, 5.41) is 2.78. The van der Waals surface area contributed by atoms with E-state index in [9.17, 15) is 4.79 Å². The number of imidazole rings is 1. The van der Waals surface area contributed by atoms with Gasteiger partial charge in [0.15, 0.2) is 11.4 Å². The Hall–Kier alpha value is -3.22. The molecule has 0 aliphatic rings. The molecule has 0 bridgehead atoms. The molecule has 0 aromatic carbocycles. The first kappa shape index (κ1) is 15.7. The Morgan fingerprint density at radius 2 is 2.08 bits per heavy atom. The number of nitrogens with one attached hydrogen (secondary N) is 1. The third-order valence-corrected chi connectivity index (χ3v) is 3.36. The van der Waals surface area contributed by atoms with Crippen molar-refractivity contribution in [1.29, 1.82) is 0 Å². The van der Waals surface area contributed by atoms with E-state index in [1.54, 1.807) is 36.8 Å². The third-order valence-electron chi connectivity index (χ3n) is 3.36. The second kappa shape index (κ2) is 6.91. The number of aryl methyl sites for hydroxylation is 1. The smallest absolute Gasteiger partial charge is 0.278 e. The van der Waals surface area contributed by atoms with E-state index in [4.69, 9.17) is 4.74 Å². The molecule has 3 aromatic rings. The van der Waals surface area contributed by atoms with Crippen molar-refractivity contribution >= 4 is 11.6 Å². The van der Waals surface area contributed by atoms with Crippen LogP contribution in [0.5, 0.6) is 5.75 Å². The van der Waals surface area contributed by atoms with Crippen LogP contribution in [0.3, 0.4) is 0 Å². The molecule has 0 spiro atoms. The number of hydrogen-bond acceptors (Lipinski definition) is 5. The van der Waals surface area contributed by atoms with Crippen molar-refractivity contribution in [3.63, 3.8) is 0 Å². The number of carbonyl (C=O) groups is 1. The lowest BCUT2D eigenvalue weighted by Gasteiger charge is -2.10. The van der Waals surface area contributed by atoms with E-state index in [2.05, 4.69) is 20.3 Å². The number of pyridine rings is 2. The van der Waals surface area contributed by atoms with E-state index in [-0.39, 0.29) is 11.6 Å². The van der Waals surface area contributed by atoms with Gasteiger partial charge >= 0.3 is 0 Å². The first-order chi connectivity index (χ1) is 11.7. The van der Waals surface area contributed by atoms with Crippen LogP contribution in [0.15, 0.2) is 49.1 Å². The van der Waals surface area contributed by atoms with Gasteiger partial charge in [-0.2, -0.15) is 0 Å². The van der Waals surface area contributed by atoms with Crippen molar-refractivity contribution in [2.75, 3.05) is 11.9 Å². The van der Waals surface area contributed by atoms with Crippen molar-refractivity contribution in [1.82, 2.24) is 19.5 Å². The van der Waals surface area contributed by atoms with Gasteiger partial charge in [-0.1, -0.05) is 0 Å². The summed E-state index contributed by atoms with van der Waals surface area (Å²) in [5.74, 6) is 1.69. The molecule has 122 valence electrons. The van der Waals surface area contributed by atoms with E-state index >= 15 is 0 Å². The Morgan fingerprint density at radius 3 is 2.75 bits per heavy atom. The van der Waals surface area contributed by atoms with Crippen molar-refractivity contribution < 1.29 is 9.53 Å². The van der Waals surface area contributed by atoms with Crippen LogP contribution in [-0.4, -0.2) is 32.0 Å². The average molecular weight is 323 g/mol. The van der Waals surface area contributed by atoms with E-state index in [1.807, 2.05) is 30.7 Å². The molecule has 0 unspecified atom stereocenters. The molecule has 7 heteroatoms. The summed E-state index contributed by atoms with van der Waals surface area (Å²) >= 11 is 0. The van der Waals surface area contributed by atoms with Crippen LogP contribution in [0.25, 0.3) is 5.82 Å². The average Bonchev–Trinajstić information content (AvgIpc) is 3.02. The molecule has 0 radical (unpaired) electrons. The number of amides is 1. The second-order valence-electron chi connectivity index (χ2n) is 4.99. The maximum absolute atomic E-state index is 12.4. The summed E-state index contributed by atoms with van der Waals surface area (Å²) in [6.07, 6.45) is 6.69. The molecule has 24 heavy (non-hydrogen) atoms. The molecular weight excluding hydrogens is 306 g/mol. The van der Waals surface area contributed by atoms with Gasteiger partial charge in [-0.05, 0) is 38.1 Å². The highest BCUT2D eigenvalue weighted by Crippen LogP contribution is 2.18. The summed E-state index contributed by atoms with van der Waals surface area (Å²) in [7, 11) is 0. The second-order valence-corrected chi connectivity index (χ2v) is 4.99. The van der Waals surface area contributed by atoms with Gasteiger partial charge in [0.05, 0.1) is 18.5 Å². The zero-order valence-electron chi connectivity index (χ0n) is 13.4. The van der Waals surface area contributed by atoms with Gasteiger partial charge < -0.3 is 10.1 Å². The van der Waals surface area contributed by atoms with Gasteiger partial charge in [-0.3, -0.25) is 9.36 Å². The number of nitrogens with zero attached hydrogens (tertiary/aromatic N) is 4. The molecule has 0 aliphatic heterocycles. The van der Waals surface area contributed by atoms with Gasteiger partial charge in [0, 0.05) is 18.6 Å². The van der Waals surface area contributed by atoms with Gasteiger partial charge in [0.2, 0.25) is 0 Å². The number of hydrogen-bond donors (Lipinski definition) is 1. The highest BCUT2D eigenvalue weighted by Gasteiger charge is 2.14. The zero-order chi connectivity index (χ0) is 16.9. The van der Waals surface area contributed by atoms with Crippen LogP contribution in [0.1, 0.15) is 23.2 Å². The van der Waals surface area contributed by atoms with Crippen molar-refractivity contribution in [3.05, 3.63) is 60.6 Å². The zero-order valence-corrected chi connectivity index (χ0v) is 13.4. The molecule has 0 saturated heterocycles. The van der Waals surface area contributed by atoms with Gasteiger partial charge in [0.1, 0.15) is 11.6 Å². The molecule has 0 fully saturated rings. The minimum Gasteiger partial charge on any atom is -0.491 e. The molecule has 1 N–H and O–H groups in total. The maximum atomic E-state index is 12.4. The topological polar surface area (TPSA) is 81.9 Å². The normalized spacial score (nSPS) is 10.4. The van der Waals surface area contributed by atoms with Gasteiger partial charge in [0.25, 0.3) is 5.91 Å². The molecule has 1 amide bonds. The number of aromatic nitrogens is 4. The fourth-order valence-electron chi connectivity index (χ4n) is 2.25. The number of ether oxygens (including phenoxy) is 1. The van der Waals surface area contributed by atoms with Crippen LogP contribution >= 0.6 is 0 Å². The predicted octanol–water partition coefficient (Wildman–Crippen LogP) is 2.62. The third kappa shape index (κ3) is 3.24. The van der Waals surface area contributed by atoms with Crippen LogP contribution in [0, 0.1) is 6.92 Å². The number of anilines is 1. The highest BCUT2D eigenvalue weighted by atomic mass is 16.5. The van der Waals surface area contributed by atoms with Gasteiger partial charge in [-0.25, -0.2) is 15.0 Å². The summed E-state index contributed by atoms with van der Waals surface area (Å²) < 4.78 is 7.29. The van der Waals surface area contributed by atoms with E-state index in [1.165, 1.54) is 0 Å². The van der Waals surface area contributed by atoms with Crippen molar-refractivity contribution in [2.45, 2.75) is 13.8 Å². The molecule has 0 atom stereocenters. The minimum atomic E-state index is -0.340. The molecule has 3 rings (SSSR count). The summed E-state index contributed by atoms with van der Waals surface area (Å²) in [6.45, 7) is 4.22. The SMILES string of the molecule is CCOc1cccnc1C(=O)Nc1ccc(-n2ccnc2C)nc1. The summed E-state index contributed by atoms with van der Waals surface area (Å²) in [4.78, 5) is 25.0. The highest BCUT2D eigenvalue weighted by molar-refractivity contribution is 6.04. The lowest BCUT2D eigenvalue weighted by atomic mass is 10.3. The quantitative estimate of drug-likeness (QED) is 0.780. The summed E-state index contributed by atoms with van der Waals surface area (Å²) in [6, 6.07) is 7.04. The maximum Gasteiger partial charge on any atom is 0.278 e. The Bertz CT molecular complexity index is 842. The first-order valence-electron chi connectivity index (χ1n) is 7.54. The van der Waals surface area contributed by atoms with Crippen LogP contribution in [0.2, 0.25) is 0 Å². The summed E-state index contributed by atoms with van der Waals surface area (Å²) in [5.41, 5.74) is 0.823. The lowest BCUT2D eigenvalue weighted by molar-refractivity contribution is 0.101. The minimum absolute atomic E-state index is 0.244. The lowest BCUT2D eigenvalue weighted by Crippen LogP contribution is -2.15. The molecule has 7 nitrogen and oxygen atoms in total. The first-order valence-corrected chi connectivity index (χ1v) is 7.54. The Labute approximate surface area is 139 Å². The Kier molecular flexibility index (Phi) is 4.51. The number of rotatable bonds is 5. The predicted molar refractivity (Wildman–Crippen MR) is 89.5 cm³/mol. The van der Waals surface area contributed by atoms with Crippen molar-refractivity contribution in [2.24, 2.45) is 0 Å². The fourth-order valence-corrected chi connectivity index (χ4v) is 2.25. The molecule has 0 aliphatic carbocycles. The Morgan fingerprint density at radius 1 is 1.21 bits per heavy atom. The molecule has 3 aromatic heterocycles. The van der Waals surface area contributed by atoms with Crippen LogP contribution < -0.4 is 10.1 Å². The standard InChI is InChI=1S/C17H17N5O2/c1-3-24-14-5-4-8-19-16(14)17(23)21-13-6-7-15(20-11-13)22-10-9-18-12(22)2/h4-11H,3H2,1-2H3,(H,21,23). The molecule has 3 heterocycles. The Balaban J connectivity index is 1.77. The van der Waals surface area contributed by atoms with Crippen LogP contribution in [-0.2, 0) is 0 Å². The molecule has 0 saturated carbocycles. The number of carbonyl (C=O) groups excluding carboxylic acids is 1. The van der Waals surface area contributed by atoms with Crippen molar-refractivity contribution in [3.8, 4) is 11.6 Å². The largest absolute Gasteiger partial charge is 0.491 e. The fraction of sp³-hybridized carbons (Fsp3) is 0.176. The van der Waals surface area contributed by atoms with E-state index < -0.39 is 0 Å². The van der Waals surface area contributed by atoms with Crippen LogP contribution in [0.4, 0.5) is 5.69 Å². The monoisotopic (exact) mass is 323 g/mol. The molecular formula is C17H17N5O2. The van der Waals surface area contributed by atoms with E-state index in [0.717, 1.165) is 11.6 Å². The van der Waals surface area contributed by atoms with E-state index in [0.29, 0.717) is 18.0 Å².